The predicted molar refractivity (Wildman–Crippen MR) is 103 cm³/mol. The second kappa shape index (κ2) is 6.69. The number of aromatic nitrogens is 2. The molecule has 0 radical (unpaired) electrons. The van der Waals surface area contributed by atoms with Crippen LogP contribution in [0.1, 0.15) is 29.0 Å². The molecule has 25 heavy (non-hydrogen) atoms. The van der Waals surface area contributed by atoms with Crippen molar-refractivity contribution < 1.29 is 0 Å². The van der Waals surface area contributed by atoms with E-state index in [0.717, 1.165) is 17.4 Å². The third-order valence-electron chi connectivity index (χ3n) is 4.68. The van der Waals surface area contributed by atoms with Gasteiger partial charge in [-0.2, -0.15) is 0 Å². The van der Waals surface area contributed by atoms with Crippen LogP contribution in [0, 0.1) is 0 Å². The largest absolute Gasteiger partial charge is 0.353 e. The van der Waals surface area contributed by atoms with Gasteiger partial charge in [0.15, 0.2) is 5.11 Å². The van der Waals surface area contributed by atoms with Crippen molar-refractivity contribution in [3.8, 4) is 0 Å². The summed E-state index contributed by atoms with van der Waals surface area (Å²) >= 11 is 5.69. The number of thiocarbonyl (C=S) groups is 1. The van der Waals surface area contributed by atoms with Crippen molar-refractivity contribution in [1.82, 2.24) is 19.8 Å². The van der Waals surface area contributed by atoms with Gasteiger partial charge in [-0.3, -0.25) is 4.98 Å². The quantitative estimate of drug-likeness (QED) is 0.731. The highest BCUT2D eigenvalue weighted by atomic mass is 32.1. The van der Waals surface area contributed by atoms with Gasteiger partial charge < -0.3 is 14.8 Å². The molecule has 2 atom stereocenters. The highest BCUT2D eigenvalue weighted by Gasteiger charge is 2.40. The van der Waals surface area contributed by atoms with E-state index in [1.807, 2.05) is 24.4 Å². The average molecular weight is 348 g/mol. The van der Waals surface area contributed by atoms with Crippen LogP contribution in [-0.4, -0.2) is 19.6 Å². The van der Waals surface area contributed by atoms with Crippen molar-refractivity contribution in [2.24, 2.45) is 7.05 Å². The van der Waals surface area contributed by atoms with E-state index >= 15 is 0 Å². The first-order valence-electron chi connectivity index (χ1n) is 8.37. The van der Waals surface area contributed by atoms with Gasteiger partial charge >= 0.3 is 0 Å². The molecule has 4 nitrogen and oxygen atoms in total. The van der Waals surface area contributed by atoms with Crippen LogP contribution in [0.15, 0.2) is 73.1 Å². The third-order valence-corrected chi connectivity index (χ3v) is 5.03. The summed E-state index contributed by atoms with van der Waals surface area (Å²) in [6.45, 7) is 0.770. The Hall–Kier alpha value is -2.66. The number of hydrogen-bond acceptors (Lipinski definition) is 2. The maximum absolute atomic E-state index is 5.69. The van der Waals surface area contributed by atoms with Crippen LogP contribution >= 0.6 is 12.2 Å². The van der Waals surface area contributed by atoms with E-state index in [-0.39, 0.29) is 12.1 Å². The Kier molecular flexibility index (Phi) is 4.24. The molecule has 126 valence electrons. The minimum Gasteiger partial charge on any atom is -0.353 e. The first-order chi connectivity index (χ1) is 12.2. The summed E-state index contributed by atoms with van der Waals surface area (Å²) in [4.78, 5) is 6.83. The molecular formula is C20H20N4S. The molecule has 3 aromatic rings. The lowest BCUT2D eigenvalue weighted by Gasteiger charge is -2.28. The van der Waals surface area contributed by atoms with Crippen LogP contribution < -0.4 is 5.32 Å². The topological polar surface area (TPSA) is 33.1 Å². The Bertz CT molecular complexity index is 860. The summed E-state index contributed by atoms with van der Waals surface area (Å²) in [5.74, 6) is 0. The number of rotatable bonds is 4. The number of nitrogens with zero attached hydrogens (tertiary/aromatic N) is 3. The van der Waals surface area contributed by atoms with E-state index in [2.05, 4.69) is 75.5 Å². The Morgan fingerprint density at radius 1 is 1.04 bits per heavy atom. The van der Waals surface area contributed by atoms with Crippen LogP contribution in [0.4, 0.5) is 0 Å². The SMILES string of the molecule is Cn1cccc1C1C(c2ccccn2)NC(=S)N1Cc1ccccc1. The molecule has 0 spiro atoms. The van der Waals surface area contributed by atoms with Gasteiger partial charge in [-0.15, -0.1) is 0 Å². The second-order valence-electron chi connectivity index (χ2n) is 6.28. The summed E-state index contributed by atoms with van der Waals surface area (Å²) in [5.41, 5.74) is 3.47. The molecule has 1 aliphatic rings. The smallest absolute Gasteiger partial charge is 0.170 e. The number of hydrogen-bond donors (Lipinski definition) is 1. The van der Waals surface area contributed by atoms with E-state index in [1.165, 1.54) is 11.3 Å². The summed E-state index contributed by atoms with van der Waals surface area (Å²) in [5, 5.41) is 4.26. The van der Waals surface area contributed by atoms with Gasteiger partial charge in [0.25, 0.3) is 0 Å². The zero-order valence-electron chi connectivity index (χ0n) is 14.0. The fraction of sp³-hybridized carbons (Fsp3) is 0.200. The fourth-order valence-electron chi connectivity index (χ4n) is 3.46. The van der Waals surface area contributed by atoms with E-state index in [1.54, 1.807) is 0 Å². The van der Waals surface area contributed by atoms with Gasteiger partial charge in [0.2, 0.25) is 0 Å². The molecule has 0 saturated carbocycles. The van der Waals surface area contributed by atoms with Crippen LogP contribution in [0.3, 0.4) is 0 Å². The molecule has 3 heterocycles. The number of nitrogens with one attached hydrogen (secondary N) is 1. The average Bonchev–Trinajstić information content (AvgIpc) is 3.20. The number of aryl methyl sites for hydroxylation is 1. The van der Waals surface area contributed by atoms with Gasteiger partial charge in [-0.1, -0.05) is 36.4 Å². The first kappa shape index (κ1) is 15.8. The maximum Gasteiger partial charge on any atom is 0.170 e. The lowest BCUT2D eigenvalue weighted by molar-refractivity contribution is 0.299. The van der Waals surface area contributed by atoms with E-state index < -0.39 is 0 Å². The minimum absolute atomic E-state index is 0.0333. The molecule has 4 rings (SSSR count). The molecule has 0 bridgehead atoms. The van der Waals surface area contributed by atoms with Gasteiger partial charge in [0, 0.05) is 31.7 Å². The molecule has 0 amide bonds. The lowest BCUT2D eigenvalue weighted by atomic mass is 10.0. The highest BCUT2D eigenvalue weighted by molar-refractivity contribution is 7.80. The van der Waals surface area contributed by atoms with Crippen LogP contribution in [0.25, 0.3) is 0 Å². The standard InChI is InChI=1S/C20H20N4S/c1-23-13-7-11-17(23)19-18(16-10-5-6-12-21-16)22-20(25)24(19)14-15-8-3-2-4-9-15/h2-13,18-19H,14H2,1H3,(H,22,25). The molecule has 1 aliphatic heterocycles. The Morgan fingerprint density at radius 3 is 2.52 bits per heavy atom. The van der Waals surface area contributed by atoms with Gasteiger partial charge in [-0.05, 0) is 42.0 Å². The minimum atomic E-state index is 0.0333. The first-order valence-corrected chi connectivity index (χ1v) is 8.78. The van der Waals surface area contributed by atoms with Crippen LogP contribution in [0.2, 0.25) is 0 Å². The van der Waals surface area contributed by atoms with Crippen LogP contribution in [0.5, 0.6) is 0 Å². The van der Waals surface area contributed by atoms with Crippen molar-refractivity contribution in [2.75, 3.05) is 0 Å². The summed E-state index contributed by atoms with van der Waals surface area (Å²) in [6.07, 6.45) is 3.91. The molecule has 1 fully saturated rings. The Balaban J connectivity index is 1.74. The van der Waals surface area contributed by atoms with Crippen molar-refractivity contribution in [1.29, 1.82) is 0 Å². The number of pyridine rings is 1. The van der Waals surface area contributed by atoms with Gasteiger partial charge in [0.05, 0.1) is 17.8 Å². The highest BCUT2D eigenvalue weighted by Crippen LogP contribution is 2.39. The summed E-state index contributed by atoms with van der Waals surface area (Å²) < 4.78 is 2.16. The maximum atomic E-state index is 5.69. The normalized spacial score (nSPS) is 19.9. The fourth-order valence-corrected chi connectivity index (χ4v) is 3.76. The van der Waals surface area contributed by atoms with E-state index in [9.17, 15) is 0 Å². The molecule has 1 N–H and O–H groups in total. The van der Waals surface area contributed by atoms with Crippen molar-refractivity contribution in [3.05, 3.63) is 90.0 Å². The number of benzene rings is 1. The zero-order chi connectivity index (χ0) is 17.2. The molecule has 2 unspecified atom stereocenters. The summed E-state index contributed by atoms with van der Waals surface area (Å²) in [7, 11) is 2.08. The Morgan fingerprint density at radius 2 is 1.84 bits per heavy atom. The van der Waals surface area contributed by atoms with Gasteiger partial charge in [-0.25, -0.2) is 0 Å². The monoisotopic (exact) mass is 348 g/mol. The molecule has 1 saturated heterocycles. The molecule has 2 aromatic heterocycles. The third kappa shape index (κ3) is 3.03. The molecular weight excluding hydrogens is 328 g/mol. The molecule has 5 heteroatoms. The van der Waals surface area contributed by atoms with Crippen molar-refractivity contribution in [3.63, 3.8) is 0 Å². The molecule has 1 aromatic carbocycles. The van der Waals surface area contributed by atoms with Gasteiger partial charge in [0.1, 0.15) is 0 Å². The van der Waals surface area contributed by atoms with E-state index in [4.69, 9.17) is 12.2 Å². The molecule has 0 aliphatic carbocycles. The lowest BCUT2D eigenvalue weighted by Crippen LogP contribution is -2.29. The summed E-state index contributed by atoms with van der Waals surface area (Å²) in [6, 6.07) is 20.8. The Labute approximate surface area is 153 Å². The van der Waals surface area contributed by atoms with Crippen molar-refractivity contribution >= 4 is 17.3 Å². The van der Waals surface area contributed by atoms with Crippen LogP contribution in [-0.2, 0) is 13.6 Å². The predicted octanol–water partition coefficient (Wildman–Crippen LogP) is 3.59. The van der Waals surface area contributed by atoms with Crippen molar-refractivity contribution in [2.45, 2.75) is 18.6 Å². The second-order valence-corrected chi connectivity index (χ2v) is 6.67. The van der Waals surface area contributed by atoms with E-state index in [0.29, 0.717) is 0 Å². The zero-order valence-corrected chi connectivity index (χ0v) is 14.9.